The molecule has 0 aromatic heterocycles. The highest BCUT2D eigenvalue weighted by molar-refractivity contribution is 5.98. The van der Waals surface area contributed by atoms with E-state index in [1.807, 2.05) is 0 Å². The maximum absolute atomic E-state index is 13.6. The normalized spacial score (nSPS) is 17.7. The molecule has 1 fully saturated rings. The molecule has 0 radical (unpaired) electrons. The van der Waals surface area contributed by atoms with Crippen LogP contribution in [0.1, 0.15) is 36.0 Å². The van der Waals surface area contributed by atoms with E-state index >= 15 is 0 Å². The third-order valence-corrected chi connectivity index (χ3v) is 3.61. The van der Waals surface area contributed by atoms with Crippen LogP contribution in [0.3, 0.4) is 0 Å². The van der Waals surface area contributed by atoms with Crippen molar-refractivity contribution >= 4 is 11.6 Å². The average molecular weight is 251 g/mol. The van der Waals surface area contributed by atoms with Crippen molar-refractivity contribution in [1.29, 1.82) is 0 Å². The van der Waals surface area contributed by atoms with Crippen LogP contribution in [0, 0.1) is 5.82 Å². The van der Waals surface area contributed by atoms with Gasteiger partial charge in [-0.05, 0) is 25.0 Å². The summed E-state index contributed by atoms with van der Waals surface area (Å²) in [5.74, 6) is -1.36. The minimum Gasteiger partial charge on any atom is -0.378 e. The first kappa shape index (κ1) is 12.8. The van der Waals surface area contributed by atoms with Crippen LogP contribution in [0.2, 0.25) is 0 Å². The predicted molar refractivity (Wildman–Crippen MR) is 68.8 cm³/mol. The van der Waals surface area contributed by atoms with Gasteiger partial charge in [-0.25, -0.2) is 4.39 Å². The van der Waals surface area contributed by atoms with E-state index in [0.717, 1.165) is 25.7 Å². The molecule has 0 unspecified atom stereocenters. The molecule has 1 aromatic carbocycles. The van der Waals surface area contributed by atoms with E-state index in [1.165, 1.54) is 6.07 Å². The Balaban J connectivity index is 2.34. The third-order valence-electron chi connectivity index (χ3n) is 3.61. The van der Waals surface area contributed by atoms with Gasteiger partial charge in [-0.15, -0.1) is 0 Å². The number of primary amides is 1. The molecular weight excluding hydrogens is 233 g/mol. The van der Waals surface area contributed by atoms with Gasteiger partial charge in [0.2, 0.25) is 0 Å². The molecule has 1 amide bonds. The first-order valence-corrected chi connectivity index (χ1v) is 6.14. The molecule has 2 rings (SSSR count). The number of carbonyl (C=O) groups excluding carboxylic acids is 1. The molecule has 1 aliphatic carbocycles. The minimum absolute atomic E-state index is 0.0859. The number of nitrogens with two attached hydrogens (primary N) is 2. The third kappa shape index (κ3) is 2.31. The molecule has 5 heteroatoms. The van der Waals surface area contributed by atoms with Crippen molar-refractivity contribution < 1.29 is 9.18 Å². The molecular formula is C13H18FN3O. The van der Waals surface area contributed by atoms with Gasteiger partial charge in [0.25, 0.3) is 5.91 Å². The lowest BCUT2D eigenvalue weighted by Crippen LogP contribution is -2.43. The van der Waals surface area contributed by atoms with Gasteiger partial charge in [0.05, 0.1) is 11.3 Å². The number of benzene rings is 1. The second kappa shape index (κ2) is 4.94. The Hall–Kier alpha value is -1.62. The van der Waals surface area contributed by atoms with Crippen molar-refractivity contribution in [2.75, 3.05) is 11.9 Å². The van der Waals surface area contributed by atoms with Gasteiger partial charge in [0.15, 0.2) is 0 Å². The lowest BCUT2D eigenvalue weighted by atomic mass is 9.96. The topological polar surface area (TPSA) is 81.1 Å². The van der Waals surface area contributed by atoms with Gasteiger partial charge in [0.1, 0.15) is 5.82 Å². The highest BCUT2D eigenvalue weighted by Gasteiger charge is 2.33. The van der Waals surface area contributed by atoms with E-state index < -0.39 is 11.7 Å². The number of carbonyl (C=O) groups is 1. The molecule has 0 atom stereocenters. The molecule has 0 heterocycles. The molecule has 1 aromatic rings. The first-order valence-electron chi connectivity index (χ1n) is 6.14. The predicted octanol–water partition coefficient (Wildman–Crippen LogP) is 1.61. The Morgan fingerprint density at radius 1 is 1.39 bits per heavy atom. The molecule has 18 heavy (non-hydrogen) atoms. The van der Waals surface area contributed by atoms with Crippen LogP contribution in [0.15, 0.2) is 18.2 Å². The maximum Gasteiger partial charge on any atom is 0.253 e. The first-order chi connectivity index (χ1) is 8.58. The zero-order chi connectivity index (χ0) is 13.2. The van der Waals surface area contributed by atoms with Crippen LogP contribution >= 0.6 is 0 Å². The Morgan fingerprint density at radius 2 is 2.06 bits per heavy atom. The van der Waals surface area contributed by atoms with Gasteiger partial charge in [-0.3, -0.25) is 4.79 Å². The summed E-state index contributed by atoms with van der Waals surface area (Å²) in [6.07, 6.45) is 4.03. The van der Waals surface area contributed by atoms with Crippen molar-refractivity contribution in [2.45, 2.75) is 31.2 Å². The van der Waals surface area contributed by atoms with Crippen molar-refractivity contribution in [1.82, 2.24) is 0 Å². The summed E-state index contributed by atoms with van der Waals surface area (Å²) in [5, 5.41) is 3.23. The lowest BCUT2D eigenvalue weighted by Gasteiger charge is -2.30. The number of hydrogen-bond donors (Lipinski definition) is 3. The number of hydrogen-bond acceptors (Lipinski definition) is 3. The molecule has 0 bridgehead atoms. The van der Waals surface area contributed by atoms with Crippen LogP contribution in [-0.4, -0.2) is 18.0 Å². The molecule has 0 aliphatic heterocycles. The Kier molecular flexibility index (Phi) is 3.52. The summed E-state index contributed by atoms with van der Waals surface area (Å²) in [6, 6.07) is 4.46. The van der Waals surface area contributed by atoms with Crippen molar-refractivity contribution in [3.63, 3.8) is 0 Å². The van der Waals surface area contributed by atoms with E-state index in [0.29, 0.717) is 12.2 Å². The fraction of sp³-hybridized carbons (Fsp3) is 0.462. The van der Waals surface area contributed by atoms with Crippen LogP contribution in [-0.2, 0) is 0 Å². The van der Waals surface area contributed by atoms with Crippen molar-refractivity contribution in [3.05, 3.63) is 29.6 Å². The molecule has 1 aliphatic rings. The van der Waals surface area contributed by atoms with Crippen LogP contribution in [0.4, 0.5) is 10.1 Å². The largest absolute Gasteiger partial charge is 0.378 e. The van der Waals surface area contributed by atoms with Gasteiger partial charge in [-0.2, -0.15) is 0 Å². The van der Waals surface area contributed by atoms with E-state index in [4.69, 9.17) is 11.5 Å². The van der Waals surface area contributed by atoms with E-state index in [9.17, 15) is 9.18 Å². The average Bonchev–Trinajstić information content (AvgIpc) is 2.78. The van der Waals surface area contributed by atoms with Crippen LogP contribution in [0.25, 0.3) is 0 Å². The van der Waals surface area contributed by atoms with Crippen molar-refractivity contribution in [3.8, 4) is 0 Å². The van der Waals surface area contributed by atoms with E-state index in [2.05, 4.69) is 5.32 Å². The smallest absolute Gasteiger partial charge is 0.253 e. The molecule has 98 valence electrons. The Morgan fingerprint density at radius 3 is 2.61 bits per heavy atom. The number of halogens is 1. The SMILES string of the molecule is NCC1(Nc2cccc(F)c2C(N)=O)CCCC1. The summed E-state index contributed by atoms with van der Waals surface area (Å²) >= 11 is 0. The van der Waals surface area contributed by atoms with Gasteiger partial charge < -0.3 is 16.8 Å². The van der Waals surface area contributed by atoms with Gasteiger partial charge in [0, 0.05) is 12.1 Å². The second-order valence-corrected chi connectivity index (χ2v) is 4.84. The fourth-order valence-corrected chi connectivity index (χ4v) is 2.60. The molecule has 0 spiro atoms. The second-order valence-electron chi connectivity index (χ2n) is 4.84. The van der Waals surface area contributed by atoms with E-state index in [1.54, 1.807) is 12.1 Å². The summed E-state index contributed by atoms with van der Waals surface area (Å²) in [4.78, 5) is 11.3. The molecule has 0 saturated heterocycles. The molecule has 4 nitrogen and oxygen atoms in total. The van der Waals surface area contributed by atoms with Gasteiger partial charge >= 0.3 is 0 Å². The van der Waals surface area contributed by atoms with Crippen LogP contribution < -0.4 is 16.8 Å². The summed E-state index contributed by atoms with van der Waals surface area (Å²) < 4.78 is 13.6. The van der Waals surface area contributed by atoms with Crippen LogP contribution in [0.5, 0.6) is 0 Å². The lowest BCUT2D eigenvalue weighted by molar-refractivity contribution is 0.0997. The number of anilines is 1. The van der Waals surface area contributed by atoms with E-state index in [-0.39, 0.29) is 11.1 Å². The number of amides is 1. The summed E-state index contributed by atoms with van der Waals surface area (Å²) in [6.45, 7) is 0.460. The van der Waals surface area contributed by atoms with Crippen molar-refractivity contribution in [2.24, 2.45) is 11.5 Å². The molecule has 5 N–H and O–H groups in total. The zero-order valence-corrected chi connectivity index (χ0v) is 10.2. The highest BCUT2D eigenvalue weighted by Crippen LogP contribution is 2.33. The number of rotatable bonds is 4. The number of nitrogens with one attached hydrogen (secondary N) is 1. The Labute approximate surface area is 106 Å². The summed E-state index contributed by atoms with van der Waals surface area (Å²) in [7, 11) is 0. The Bertz CT molecular complexity index is 456. The monoisotopic (exact) mass is 251 g/mol. The highest BCUT2D eigenvalue weighted by atomic mass is 19.1. The maximum atomic E-state index is 13.6. The quantitative estimate of drug-likeness (QED) is 0.760. The van der Waals surface area contributed by atoms with Gasteiger partial charge in [-0.1, -0.05) is 18.9 Å². The fourth-order valence-electron chi connectivity index (χ4n) is 2.60. The minimum atomic E-state index is -0.763. The molecule has 1 saturated carbocycles. The summed E-state index contributed by atoms with van der Waals surface area (Å²) in [5.41, 5.74) is 11.1. The standard InChI is InChI=1S/C13H18FN3O/c14-9-4-3-5-10(11(9)12(16)18)17-13(8-15)6-1-2-7-13/h3-5,17H,1-2,6-8,15H2,(H2,16,18). The zero-order valence-electron chi connectivity index (χ0n) is 10.2.